The molecule has 0 radical (unpaired) electrons. The molecule has 0 N–H and O–H groups in total. The van der Waals surface area contributed by atoms with Crippen molar-refractivity contribution < 1.29 is 27.5 Å². The molecule has 4 aromatic rings. The zero-order valence-corrected chi connectivity index (χ0v) is 25.2. The lowest BCUT2D eigenvalue weighted by molar-refractivity contribution is -0.593. The second kappa shape index (κ2) is 12.1. The van der Waals surface area contributed by atoms with Crippen molar-refractivity contribution in [1.82, 2.24) is 24.1 Å². The maximum Gasteiger partial charge on any atom is 0.292 e. The fourth-order valence-electron chi connectivity index (χ4n) is 5.22. The monoisotopic (exact) mass is 642 g/mol. The molecular weight excluding hydrogens is 616 g/mol. The summed E-state index contributed by atoms with van der Waals surface area (Å²) >= 11 is 7.23. The molecule has 5 heterocycles. The number of ether oxygens (including phenoxy) is 1. The lowest BCUT2D eigenvalue weighted by Crippen LogP contribution is -2.58. The molecule has 2 aliphatic heterocycles. The summed E-state index contributed by atoms with van der Waals surface area (Å²) in [5.74, 6) is -0.830. The predicted octanol–water partition coefficient (Wildman–Crippen LogP) is 2.41. The summed E-state index contributed by atoms with van der Waals surface area (Å²) in [6, 6.07) is 11.0. The number of morpholine rings is 1. The minimum atomic E-state index is -3.92. The van der Waals surface area contributed by atoms with E-state index < -0.39 is 22.0 Å². The molecule has 224 valence electrons. The van der Waals surface area contributed by atoms with Crippen LogP contribution in [0.1, 0.15) is 17.0 Å². The summed E-state index contributed by atoms with van der Waals surface area (Å²) < 4.78 is 35.8. The Morgan fingerprint density at radius 3 is 2.58 bits per heavy atom. The zero-order chi connectivity index (χ0) is 30.1. The molecule has 0 aliphatic carbocycles. The van der Waals surface area contributed by atoms with E-state index in [0.717, 1.165) is 21.4 Å². The normalized spacial score (nSPS) is 18.2. The van der Waals surface area contributed by atoms with Gasteiger partial charge in [-0.3, -0.25) is 9.59 Å². The fraction of sp³-hybridized carbons (Fsp3) is 0.321. The Kier molecular flexibility index (Phi) is 8.29. The van der Waals surface area contributed by atoms with E-state index >= 15 is 0 Å². The average molecular weight is 643 g/mol. The molecule has 0 spiro atoms. The number of hydrogen-bond acceptors (Lipinski definition) is 9. The maximum absolute atomic E-state index is 13.8. The zero-order valence-electron chi connectivity index (χ0n) is 22.8. The van der Waals surface area contributed by atoms with Crippen LogP contribution < -0.4 is 4.73 Å². The van der Waals surface area contributed by atoms with Gasteiger partial charge in [0.05, 0.1) is 24.8 Å². The summed E-state index contributed by atoms with van der Waals surface area (Å²) in [5.41, 5.74) is 0.768. The van der Waals surface area contributed by atoms with Gasteiger partial charge in [-0.2, -0.15) is 9.04 Å². The molecule has 2 saturated heterocycles. The van der Waals surface area contributed by atoms with Crippen LogP contribution in [-0.2, 0) is 19.6 Å². The van der Waals surface area contributed by atoms with Gasteiger partial charge in [0.2, 0.25) is 17.4 Å². The third kappa shape index (κ3) is 6.06. The summed E-state index contributed by atoms with van der Waals surface area (Å²) in [7, 11) is -3.92. The van der Waals surface area contributed by atoms with E-state index in [9.17, 15) is 23.2 Å². The number of benzene rings is 1. The van der Waals surface area contributed by atoms with Crippen molar-refractivity contribution in [2.75, 3.05) is 45.9 Å². The van der Waals surface area contributed by atoms with Gasteiger partial charge in [-0.15, -0.1) is 11.3 Å². The first-order valence-corrected chi connectivity index (χ1v) is 16.2. The number of rotatable bonds is 6. The number of carbonyl (C=O) groups excluding carboxylic acids is 2. The fourth-order valence-corrected chi connectivity index (χ4v) is 8.51. The topological polar surface area (TPSA) is 140 Å². The molecule has 43 heavy (non-hydrogen) atoms. The van der Waals surface area contributed by atoms with Crippen LogP contribution in [-0.4, -0.2) is 96.3 Å². The number of piperazine rings is 1. The Labute approximate surface area is 256 Å². The minimum absolute atomic E-state index is 0.0313. The molecule has 0 bridgehead atoms. The van der Waals surface area contributed by atoms with Crippen molar-refractivity contribution in [3.63, 3.8) is 0 Å². The molecule has 2 amide bonds. The lowest BCUT2D eigenvalue weighted by atomic mass is 10.1. The largest absolute Gasteiger partial charge is 0.618 e. The lowest BCUT2D eigenvalue weighted by Gasteiger charge is -2.41. The Hall–Kier alpha value is -3.69. The molecule has 2 fully saturated rings. The van der Waals surface area contributed by atoms with Crippen LogP contribution in [0.25, 0.3) is 21.3 Å². The number of nitrogens with zero attached hydrogens (tertiary/aromatic N) is 6. The van der Waals surface area contributed by atoms with Gasteiger partial charge in [-0.1, -0.05) is 17.7 Å². The highest BCUT2D eigenvalue weighted by Gasteiger charge is 2.39. The number of pyridine rings is 1. The first kappa shape index (κ1) is 29.4. The Morgan fingerprint density at radius 2 is 1.84 bits per heavy atom. The van der Waals surface area contributed by atoms with Crippen LogP contribution in [0.3, 0.4) is 0 Å². The van der Waals surface area contributed by atoms with Gasteiger partial charge in [0.15, 0.2) is 6.20 Å². The van der Waals surface area contributed by atoms with Gasteiger partial charge in [0.25, 0.3) is 15.9 Å². The molecule has 1 aromatic carbocycles. The van der Waals surface area contributed by atoms with Crippen LogP contribution in [0.15, 0.2) is 65.3 Å². The van der Waals surface area contributed by atoms with Gasteiger partial charge in [0.1, 0.15) is 4.21 Å². The van der Waals surface area contributed by atoms with E-state index in [-0.39, 0.29) is 42.0 Å². The van der Waals surface area contributed by atoms with E-state index in [1.165, 1.54) is 27.8 Å². The quantitative estimate of drug-likeness (QED) is 0.231. The first-order chi connectivity index (χ1) is 20.7. The number of aromatic nitrogens is 3. The minimum Gasteiger partial charge on any atom is -0.618 e. The first-order valence-electron chi connectivity index (χ1n) is 13.6. The van der Waals surface area contributed by atoms with Crippen LogP contribution in [0, 0.1) is 5.21 Å². The van der Waals surface area contributed by atoms with E-state index in [1.807, 2.05) is 0 Å². The molecule has 12 nitrogen and oxygen atoms in total. The SMILES string of the molecule is O=C(CC1CN(S(=O)(=O)c2cc3ccc(Cl)cc3s2)CCN1C(=O)c1ncc(-c2cccc[n+]2[O-])cn1)N1CCOCC1. The van der Waals surface area contributed by atoms with Crippen molar-refractivity contribution in [2.24, 2.45) is 0 Å². The number of sulfonamides is 1. The third-order valence-corrected chi connectivity index (χ3v) is 11.1. The van der Waals surface area contributed by atoms with Crippen molar-refractivity contribution in [3.8, 4) is 11.3 Å². The molecule has 1 atom stereocenters. The van der Waals surface area contributed by atoms with Crippen LogP contribution in [0.4, 0.5) is 0 Å². The number of fused-ring (bicyclic) bond motifs is 1. The highest BCUT2D eigenvalue weighted by Crippen LogP contribution is 2.34. The van der Waals surface area contributed by atoms with Crippen molar-refractivity contribution in [3.05, 3.63) is 77.1 Å². The van der Waals surface area contributed by atoms with E-state index in [4.69, 9.17) is 16.3 Å². The molecule has 6 rings (SSSR count). The molecule has 3 aromatic heterocycles. The van der Waals surface area contributed by atoms with Crippen LogP contribution >= 0.6 is 22.9 Å². The van der Waals surface area contributed by atoms with Gasteiger partial charge < -0.3 is 19.7 Å². The second-order valence-electron chi connectivity index (χ2n) is 10.2. The predicted molar refractivity (Wildman–Crippen MR) is 159 cm³/mol. The van der Waals surface area contributed by atoms with Crippen LogP contribution in [0.5, 0.6) is 0 Å². The van der Waals surface area contributed by atoms with E-state index in [1.54, 1.807) is 47.4 Å². The number of thiophene rings is 1. The van der Waals surface area contributed by atoms with E-state index in [0.29, 0.717) is 47.3 Å². The molecule has 1 unspecified atom stereocenters. The van der Waals surface area contributed by atoms with Crippen molar-refractivity contribution in [2.45, 2.75) is 16.7 Å². The molecular formula is C28H27ClN6O6S2. The second-order valence-corrected chi connectivity index (χ2v) is 13.9. The highest BCUT2D eigenvalue weighted by molar-refractivity contribution is 7.91. The summed E-state index contributed by atoms with van der Waals surface area (Å²) in [6.45, 7) is 1.69. The maximum atomic E-state index is 13.8. The third-order valence-electron chi connectivity index (χ3n) is 7.50. The Bertz CT molecular complexity index is 1780. The summed E-state index contributed by atoms with van der Waals surface area (Å²) in [4.78, 5) is 38.5. The highest BCUT2D eigenvalue weighted by atomic mass is 35.5. The standard InChI is InChI=1S/C28H27ClN6O6S2/c29-21-5-4-19-13-26(42-24(19)14-21)43(39,40)33-7-8-34(22(18-33)15-25(36)32-9-11-41-12-10-32)28(37)27-30-16-20(17-31-27)23-3-1-2-6-35(23)38/h1-6,13-14,16-17,22H,7-12,15,18H2. The van der Waals surface area contributed by atoms with Gasteiger partial charge in [-0.05, 0) is 29.7 Å². The van der Waals surface area contributed by atoms with Gasteiger partial charge in [0, 0.05) is 73.4 Å². The summed E-state index contributed by atoms with van der Waals surface area (Å²) in [5, 5.41) is 13.4. The number of amides is 2. The van der Waals surface area contributed by atoms with E-state index in [2.05, 4.69) is 9.97 Å². The smallest absolute Gasteiger partial charge is 0.292 e. The van der Waals surface area contributed by atoms with Gasteiger partial charge in [-0.25, -0.2) is 18.4 Å². The summed E-state index contributed by atoms with van der Waals surface area (Å²) in [6.07, 6.45) is 4.07. The van der Waals surface area contributed by atoms with Gasteiger partial charge >= 0.3 is 0 Å². The Morgan fingerprint density at radius 1 is 1.07 bits per heavy atom. The number of hydrogen-bond donors (Lipinski definition) is 0. The molecule has 0 saturated carbocycles. The number of carbonyl (C=O) groups is 2. The average Bonchev–Trinajstić information content (AvgIpc) is 3.46. The number of halogens is 1. The Balaban J connectivity index is 1.26. The molecule has 2 aliphatic rings. The van der Waals surface area contributed by atoms with Crippen molar-refractivity contribution >= 4 is 54.9 Å². The molecule has 15 heteroatoms. The van der Waals surface area contributed by atoms with Crippen molar-refractivity contribution in [1.29, 1.82) is 0 Å². The van der Waals surface area contributed by atoms with Crippen LogP contribution in [0.2, 0.25) is 5.02 Å².